The van der Waals surface area contributed by atoms with E-state index in [1.807, 2.05) is 0 Å². The Morgan fingerprint density at radius 2 is 2.14 bits per heavy atom. The smallest absolute Gasteiger partial charge is 0.405 e. The minimum absolute atomic E-state index is 0.323. The molecule has 0 aliphatic rings. The van der Waals surface area contributed by atoms with E-state index in [4.69, 9.17) is 21.8 Å². The van der Waals surface area contributed by atoms with Crippen LogP contribution in [0.15, 0.2) is 24.3 Å². The van der Waals surface area contributed by atoms with E-state index >= 15 is 0 Å². The molecule has 76 valence electrons. The number of rotatable bonds is 3. The van der Waals surface area contributed by atoms with Gasteiger partial charge >= 0.3 is 6.09 Å². The summed E-state index contributed by atoms with van der Waals surface area (Å²) in [6.07, 6.45) is -1.19. The normalized spacial score (nSPS) is 12.1. The van der Waals surface area contributed by atoms with Gasteiger partial charge in [-0.2, -0.15) is 0 Å². The summed E-state index contributed by atoms with van der Waals surface area (Å²) in [4.78, 5) is 10.4. The summed E-state index contributed by atoms with van der Waals surface area (Å²) in [5.41, 5.74) is 0.569. The van der Waals surface area contributed by atoms with Crippen molar-refractivity contribution in [3.8, 4) is 0 Å². The molecule has 0 fully saturated rings. The van der Waals surface area contributed by atoms with Gasteiger partial charge < -0.3 is 15.5 Å². The summed E-state index contributed by atoms with van der Waals surface area (Å²) in [5, 5.41) is 20.1. The fourth-order valence-electron chi connectivity index (χ4n) is 1.13. The van der Waals surface area contributed by atoms with E-state index in [-0.39, 0.29) is 6.61 Å². The Labute approximate surface area is 86.1 Å². The highest BCUT2D eigenvalue weighted by atomic mass is 35.5. The maximum Gasteiger partial charge on any atom is 0.405 e. The van der Waals surface area contributed by atoms with Crippen LogP contribution in [0.5, 0.6) is 0 Å². The molecule has 0 aliphatic carbocycles. The monoisotopic (exact) mass is 215 g/mol. The Kier molecular flexibility index (Phi) is 3.73. The van der Waals surface area contributed by atoms with E-state index in [1.165, 1.54) is 0 Å². The fourth-order valence-corrected chi connectivity index (χ4v) is 1.40. The second-order valence-corrected chi connectivity index (χ2v) is 3.11. The van der Waals surface area contributed by atoms with Gasteiger partial charge in [0.25, 0.3) is 0 Å². The third-order valence-electron chi connectivity index (χ3n) is 1.76. The largest absolute Gasteiger partial charge is 0.465 e. The third kappa shape index (κ3) is 2.61. The van der Waals surface area contributed by atoms with Gasteiger partial charge in [-0.3, -0.25) is 0 Å². The quantitative estimate of drug-likeness (QED) is 0.718. The van der Waals surface area contributed by atoms with Gasteiger partial charge in [-0.15, -0.1) is 0 Å². The van der Waals surface area contributed by atoms with Gasteiger partial charge in [0.05, 0.1) is 12.6 Å². The van der Waals surface area contributed by atoms with Gasteiger partial charge in [0, 0.05) is 5.02 Å². The van der Waals surface area contributed by atoms with Crippen molar-refractivity contribution in [1.29, 1.82) is 0 Å². The molecule has 0 radical (unpaired) electrons. The van der Waals surface area contributed by atoms with Gasteiger partial charge in [0.15, 0.2) is 0 Å². The number of hydrogen-bond donors (Lipinski definition) is 3. The molecule has 1 unspecified atom stereocenters. The lowest BCUT2D eigenvalue weighted by atomic mass is 10.1. The SMILES string of the molecule is O=C(O)NC(CO)c1ccccc1Cl. The second kappa shape index (κ2) is 4.83. The van der Waals surface area contributed by atoms with Gasteiger partial charge in [0.2, 0.25) is 0 Å². The van der Waals surface area contributed by atoms with Gasteiger partial charge in [-0.05, 0) is 11.6 Å². The average Bonchev–Trinajstić information content (AvgIpc) is 2.15. The van der Waals surface area contributed by atoms with Crippen LogP contribution in [0.3, 0.4) is 0 Å². The number of carboxylic acid groups (broad SMARTS) is 1. The number of carbonyl (C=O) groups is 1. The first-order valence-electron chi connectivity index (χ1n) is 4.00. The van der Waals surface area contributed by atoms with Crippen LogP contribution in [0, 0.1) is 0 Å². The minimum Gasteiger partial charge on any atom is -0.465 e. The maximum absolute atomic E-state index is 10.4. The highest BCUT2D eigenvalue weighted by Crippen LogP contribution is 2.21. The van der Waals surface area contributed by atoms with Crippen molar-refractivity contribution >= 4 is 17.7 Å². The molecule has 0 saturated carbocycles. The first kappa shape index (κ1) is 10.8. The van der Waals surface area contributed by atoms with Crippen molar-refractivity contribution < 1.29 is 15.0 Å². The molecule has 14 heavy (non-hydrogen) atoms. The molecular weight excluding hydrogens is 206 g/mol. The molecule has 1 atom stereocenters. The molecule has 1 rings (SSSR count). The molecule has 1 aromatic rings. The van der Waals surface area contributed by atoms with Crippen LogP contribution >= 0.6 is 11.6 Å². The van der Waals surface area contributed by atoms with Crippen molar-refractivity contribution in [1.82, 2.24) is 5.32 Å². The molecule has 0 aromatic heterocycles. The van der Waals surface area contributed by atoms with Crippen LogP contribution in [0.25, 0.3) is 0 Å². The standard InChI is InChI=1S/C9H10ClNO3/c10-7-4-2-1-3-6(7)8(5-12)11-9(13)14/h1-4,8,11-12H,5H2,(H,13,14). The summed E-state index contributed by atoms with van der Waals surface area (Å²) in [6, 6.07) is 6.10. The zero-order valence-electron chi connectivity index (χ0n) is 7.27. The van der Waals surface area contributed by atoms with Crippen LogP contribution in [-0.2, 0) is 0 Å². The molecule has 1 amide bonds. The lowest BCUT2D eigenvalue weighted by Gasteiger charge is -2.15. The van der Waals surface area contributed by atoms with Crippen LogP contribution in [0.1, 0.15) is 11.6 Å². The number of halogens is 1. The van der Waals surface area contributed by atoms with Gasteiger partial charge in [0.1, 0.15) is 0 Å². The molecule has 1 aromatic carbocycles. The Bertz CT molecular complexity index is 330. The predicted octanol–water partition coefficient (Wildman–Crippen LogP) is 1.64. The van der Waals surface area contributed by atoms with Crippen LogP contribution < -0.4 is 5.32 Å². The molecule has 0 bridgehead atoms. The second-order valence-electron chi connectivity index (χ2n) is 2.71. The van der Waals surface area contributed by atoms with Crippen LogP contribution in [0.2, 0.25) is 5.02 Å². The van der Waals surface area contributed by atoms with E-state index in [0.717, 1.165) is 0 Å². The minimum atomic E-state index is -1.19. The zero-order chi connectivity index (χ0) is 10.6. The van der Waals surface area contributed by atoms with E-state index in [1.54, 1.807) is 24.3 Å². The topological polar surface area (TPSA) is 69.6 Å². The zero-order valence-corrected chi connectivity index (χ0v) is 8.03. The summed E-state index contributed by atoms with van der Waals surface area (Å²) in [7, 11) is 0. The van der Waals surface area contributed by atoms with E-state index in [9.17, 15) is 4.79 Å². The van der Waals surface area contributed by atoms with Crippen molar-refractivity contribution in [2.75, 3.05) is 6.61 Å². The third-order valence-corrected chi connectivity index (χ3v) is 2.11. The van der Waals surface area contributed by atoms with E-state index in [2.05, 4.69) is 5.32 Å². The Morgan fingerprint density at radius 3 is 2.64 bits per heavy atom. The Balaban J connectivity index is 2.89. The lowest BCUT2D eigenvalue weighted by molar-refractivity contribution is 0.177. The molecule has 0 heterocycles. The number of aliphatic hydroxyl groups is 1. The number of hydrogen-bond acceptors (Lipinski definition) is 2. The lowest BCUT2D eigenvalue weighted by Crippen LogP contribution is -2.29. The molecule has 3 N–H and O–H groups in total. The summed E-state index contributed by atoms with van der Waals surface area (Å²) >= 11 is 5.84. The molecule has 5 heteroatoms. The molecule has 0 spiro atoms. The summed E-state index contributed by atoms with van der Waals surface area (Å²) in [5.74, 6) is 0. The number of benzene rings is 1. The number of aliphatic hydroxyl groups excluding tert-OH is 1. The Morgan fingerprint density at radius 1 is 1.50 bits per heavy atom. The fraction of sp³-hybridized carbons (Fsp3) is 0.222. The van der Waals surface area contributed by atoms with E-state index < -0.39 is 12.1 Å². The highest BCUT2D eigenvalue weighted by Gasteiger charge is 2.14. The molecule has 4 nitrogen and oxygen atoms in total. The molecular formula is C9H10ClNO3. The number of amides is 1. The first-order valence-corrected chi connectivity index (χ1v) is 4.37. The molecule has 0 saturated heterocycles. The molecule has 0 aliphatic heterocycles. The van der Waals surface area contributed by atoms with Crippen molar-refractivity contribution in [3.63, 3.8) is 0 Å². The van der Waals surface area contributed by atoms with Crippen molar-refractivity contribution in [3.05, 3.63) is 34.9 Å². The first-order chi connectivity index (χ1) is 6.65. The summed E-state index contributed by atoms with van der Waals surface area (Å²) < 4.78 is 0. The van der Waals surface area contributed by atoms with Gasteiger partial charge in [-0.1, -0.05) is 29.8 Å². The Hall–Kier alpha value is -1.26. The number of nitrogens with one attached hydrogen (secondary N) is 1. The van der Waals surface area contributed by atoms with Crippen LogP contribution in [0.4, 0.5) is 4.79 Å². The predicted molar refractivity (Wildman–Crippen MR) is 52.4 cm³/mol. The van der Waals surface area contributed by atoms with Crippen LogP contribution in [-0.4, -0.2) is 22.9 Å². The summed E-state index contributed by atoms with van der Waals surface area (Å²) in [6.45, 7) is -0.323. The van der Waals surface area contributed by atoms with Gasteiger partial charge in [-0.25, -0.2) is 4.79 Å². The average molecular weight is 216 g/mol. The highest BCUT2D eigenvalue weighted by molar-refractivity contribution is 6.31. The van der Waals surface area contributed by atoms with Crippen molar-refractivity contribution in [2.45, 2.75) is 6.04 Å². The van der Waals surface area contributed by atoms with E-state index in [0.29, 0.717) is 10.6 Å². The van der Waals surface area contributed by atoms with Crippen molar-refractivity contribution in [2.24, 2.45) is 0 Å². The maximum atomic E-state index is 10.4.